The summed E-state index contributed by atoms with van der Waals surface area (Å²) in [6.07, 6.45) is 8.92. The highest BCUT2D eigenvalue weighted by Gasteiger charge is 2.28. The smallest absolute Gasteiger partial charge is 0.0117 e. The highest BCUT2D eigenvalue weighted by molar-refractivity contribution is 4.93. The first-order valence-corrected chi connectivity index (χ1v) is 3.96. The summed E-state index contributed by atoms with van der Waals surface area (Å²) in [5, 5.41) is 3.19. The minimum Gasteiger partial charge on any atom is -0.319 e. The molecule has 1 aliphatic rings. The molecule has 56 valence electrons. The minimum absolute atomic E-state index is 0.817. The Hall–Kier alpha value is -0.480. The second-order valence-electron chi connectivity index (χ2n) is 3.06. The zero-order valence-corrected chi connectivity index (χ0v) is 6.56. The van der Waals surface area contributed by atoms with Crippen molar-refractivity contribution in [1.82, 2.24) is 5.32 Å². The number of rotatable bonds is 3. The van der Waals surface area contributed by atoms with Gasteiger partial charge in [0.25, 0.3) is 0 Å². The van der Waals surface area contributed by atoms with Crippen molar-refractivity contribution in [3.63, 3.8) is 0 Å². The summed E-state index contributed by atoms with van der Waals surface area (Å²) >= 11 is 0. The molecule has 0 aromatic rings. The van der Waals surface area contributed by atoms with Crippen LogP contribution >= 0.6 is 0 Å². The van der Waals surface area contributed by atoms with Gasteiger partial charge in [-0.2, -0.15) is 0 Å². The largest absolute Gasteiger partial charge is 0.319 e. The van der Waals surface area contributed by atoms with Gasteiger partial charge in [-0.15, -0.1) is 12.3 Å². The molecular formula is C9H15N. The summed E-state index contributed by atoms with van der Waals surface area (Å²) in [6, 6.07) is 0. The maximum absolute atomic E-state index is 5.23. The van der Waals surface area contributed by atoms with Gasteiger partial charge in [-0.25, -0.2) is 0 Å². The van der Waals surface area contributed by atoms with E-state index in [9.17, 15) is 0 Å². The van der Waals surface area contributed by atoms with E-state index in [0.29, 0.717) is 0 Å². The molecule has 10 heavy (non-hydrogen) atoms. The molecule has 1 aliphatic carbocycles. The quantitative estimate of drug-likeness (QED) is 0.577. The zero-order valence-electron chi connectivity index (χ0n) is 6.56. The normalized spacial score (nSPS) is 30.8. The molecule has 0 saturated heterocycles. The lowest BCUT2D eigenvalue weighted by atomic mass is 9.72. The maximum atomic E-state index is 5.23. The topological polar surface area (TPSA) is 12.0 Å². The van der Waals surface area contributed by atoms with Crippen LogP contribution in [0.2, 0.25) is 0 Å². The lowest BCUT2D eigenvalue weighted by molar-refractivity contribution is 0.179. The van der Waals surface area contributed by atoms with Gasteiger partial charge in [0.05, 0.1) is 0 Å². The van der Waals surface area contributed by atoms with Gasteiger partial charge < -0.3 is 5.32 Å². The summed E-state index contributed by atoms with van der Waals surface area (Å²) in [6.45, 7) is 1.15. The fourth-order valence-electron chi connectivity index (χ4n) is 1.59. The van der Waals surface area contributed by atoms with Crippen LogP contribution in [-0.4, -0.2) is 13.6 Å². The van der Waals surface area contributed by atoms with E-state index in [-0.39, 0.29) is 0 Å². The Bertz CT molecular complexity index is 134. The molecule has 1 heteroatoms. The van der Waals surface area contributed by atoms with Crippen molar-refractivity contribution in [3.8, 4) is 12.3 Å². The highest BCUT2D eigenvalue weighted by atomic mass is 14.8. The number of hydrogen-bond donors (Lipinski definition) is 1. The first-order valence-electron chi connectivity index (χ1n) is 3.96. The van der Waals surface area contributed by atoms with Crippen molar-refractivity contribution in [1.29, 1.82) is 0 Å². The summed E-state index contributed by atoms with van der Waals surface area (Å²) in [4.78, 5) is 0. The van der Waals surface area contributed by atoms with Crippen LogP contribution in [0.25, 0.3) is 0 Å². The average molecular weight is 137 g/mol. The lowest BCUT2D eigenvalue weighted by Gasteiger charge is -2.35. The molecule has 0 heterocycles. The predicted molar refractivity (Wildman–Crippen MR) is 43.6 cm³/mol. The molecular weight excluding hydrogens is 122 g/mol. The first-order chi connectivity index (χ1) is 4.88. The van der Waals surface area contributed by atoms with Gasteiger partial charge in [0.15, 0.2) is 0 Å². The van der Waals surface area contributed by atoms with Gasteiger partial charge in [-0.3, -0.25) is 0 Å². The second-order valence-corrected chi connectivity index (χ2v) is 3.06. The fraction of sp³-hybridized carbons (Fsp3) is 0.778. The third-order valence-corrected chi connectivity index (χ3v) is 2.42. The van der Waals surface area contributed by atoms with Gasteiger partial charge in [-0.05, 0) is 38.3 Å². The number of hydrogen-bond acceptors (Lipinski definition) is 1. The molecule has 0 aliphatic heterocycles. The molecule has 1 fully saturated rings. The Labute approximate surface area is 63.2 Å². The summed E-state index contributed by atoms with van der Waals surface area (Å²) in [7, 11) is 2.01. The van der Waals surface area contributed by atoms with Gasteiger partial charge in [-0.1, -0.05) is 0 Å². The lowest BCUT2D eigenvalue weighted by Crippen LogP contribution is -2.33. The fourth-order valence-corrected chi connectivity index (χ4v) is 1.59. The second kappa shape index (κ2) is 3.63. The van der Waals surface area contributed by atoms with Crippen LogP contribution in [0.3, 0.4) is 0 Å². The van der Waals surface area contributed by atoms with Crippen molar-refractivity contribution in [2.24, 2.45) is 11.8 Å². The van der Waals surface area contributed by atoms with Gasteiger partial charge in [0, 0.05) is 6.42 Å². The van der Waals surface area contributed by atoms with E-state index in [2.05, 4.69) is 11.2 Å². The van der Waals surface area contributed by atoms with Crippen LogP contribution < -0.4 is 5.32 Å². The minimum atomic E-state index is 0.817. The molecule has 0 aromatic carbocycles. The Morgan fingerprint density at radius 2 is 2.20 bits per heavy atom. The predicted octanol–water partition coefficient (Wildman–Crippen LogP) is 1.26. The Kier molecular flexibility index (Phi) is 2.77. The van der Waals surface area contributed by atoms with Crippen LogP contribution in [0, 0.1) is 24.2 Å². The summed E-state index contributed by atoms with van der Waals surface area (Å²) < 4.78 is 0. The van der Waals surface area contributed by atoms with E-state index in [1.54, 1.807) is 0 Å². The monoisotopic (exact) mass is 137 g/mol. The van der Waals surface area contributed by atoms with E-state index in [1.807, 2.05) is 7.05 Å². The van der Waals surface area contributed by atoms with E-state index < -0.39 is 0 Å². The third kappa shape index (κ3) is 1.52. The van der Waals surface area contributed by atoms with Crippen LogP contribution in [0.4, 0.5) is 0 Å². The molecule has 0 amide bonds. The van der Waals surface area contributed by atoms with Crippen molar-refractivity contribution < 1.29 is 0 Å². The third-order valence-electron chi connectivity index (χ3n) is 2.42. The highest BCUT2D eigenvalue weighted by Crippen LogP contribution is 2.35. The van der Waals surface area contributed by atoms with Crippen LogP contribution in [-0.2, 0) is 0 Å². The molecule has 1 saturated carbocycles. The first kappa shape index (κ1) is 7.63. The van der Waals surface area contributed by atoms with Crippen molar-refractivity contribution in [2.45, 2.75) is 19.3 Å². The molecule has 1 nitrogen and oxygen atoms in total. The molecule has 2 unspecified atom stereocenters. The van der Waals surface area contributed by atoms with Gasteiger partial charge >= 0.3 is 0 Å². The van der Waals surface area contributed by atoms with Crippen molar-refractivity contribution >= 4 is 0 Å². The molecule has 0 bridgehead atoms. The van der Waals surface area contributed by atoms with Crippen molar-refractivity contribution in [3.05, 3.63) is 0 Å². The average Bonchev–Trinajstić information content (AvgIpc) is 1.93. The molecule has 0 radical (unpaired) electrons. The van der Waals surface area contributed by atoms with Gasteiger partial charge in [0.2, 0.25) is 0 Å². The molecule has 1 rings (SSSR count). The molecule has 0 spiro atoms. The van der Waals surface area contributed by atoms with E-state index in [4.69, 9.17) is 6.42 Å². The molecule has 2 atom stereocenters. The van der Waals surface area contributed by atoms with E-state index in [0.717, 1.165) is 24.8 Å². The van der Waals surface area contributed by atoms with Crippen molar-refractivity contribution in [2.75, 3.05) is 13.6 Å². The van der Waals surface area contributed by atoms with Gasteiger partial charge in [0.1, 0.15) is 0 Å². The van der Waals surface area contributed by atoms with Crippen LogP contribution in [0.15, 0.2) is 0 Å². The SMILES string of the molecule is C#CCC1CCC1CNC. The number of terminal acetylenes is 1. The Morgan fingerprint density at radius 3 is 2.60 bits per heavy atom. The molecule has 0 aromatic heterocycles. The van der Waals surface area contributed by atoms with E-state index >= 15 is 0 Å². The van der Waals surface area contributed by atoms with Crippen LogP contribution in [0.5, 0.6) is 0 Å². The maximum Gasteiger partial charge on any atom is 0.0117 e. The number of nitrogens with one attached hydrogen (secondary N) is 1. The van der Waals surface area contributed by atoms with E-state index in [1.165, 1.54) is 12.8 Å². The summed E-state index contributed by atoms with van der Waals surface area (Å²) in [5.41, 5.74) is 0. The molecule has 1 N–H and O–H groups in total. The Morgan fingerprint density at radius 1 is 1.50 bits per heavy atom. The summed E-state index contributed by atoms with van der Waals surface area (Å²) in [5.74, 6) is 4.41. The standard InChI is InChI=1S/C9H15N/c1-3-4-8-5-6-9(8)7-10-2/h1,8-10H,4-7H2,2H3. The van der Waals surface area contributed by atoms with Crippen LogP contribution in [0.1, 0.15) is 19.3 Å². The zero-order chi connectivity index (χ0) is 7.40. The Balaban J connectivity index is 2.17.